The molecule has 11 nitrogen and oxygen atoms in total. The van der Waals surface area contributed by atoms with Crippen LogP contribution < -0.4 is 5.73 Å². The Morgan fingerprint density at radius 1 is 0.500 bits per heavy atom. The van der Waals surface area contributed by atoms with Crippen molar-refractivity contribution in [2.75, 3.05) is 5.73 Å². The smallest absolute Gasteiger partial charge is 0.295 e. The van der Waals surface area contributed by atoms with Crippen molar-refractivity contribution in [2.24, 2.45) is 0 Å². The fraction of sp³-hybridized carbons (Fsp3) is 0.0345. The van der Waals surface area contributed by atoms with E-state index >= 15 is 0 Å². The number of fused-ring (bicyclic) bond motifs is 4. The van der Waals surface area contributed by atoms with E-state index in [0.717, 1.165) is 12.1 Å². The monoisotopic (exact) mass is 603 g/mol. The first kappa shape index (κ1) is 27.4. The summed E-state index contributed by atoms with van der Waals surface area (Å²) in [4.78, 5) is 52.9. The average molecular weight is 604 g/mol. The number of ketones is 4. The van der Waals surface area contributed by atoms with E-state index in [1.165, 1.54) is 54.6 Å². The summed E-state index contributed by atoms with van der Waals surface area (Å²) in [5.74, 6) is -3.14. The summed E-state index contributed by atoms with van der Waals surface area (Å²) in [5.41, 5.74) is 4.39. The Bertz CT molecular complexity index is 2200. The maximum atomic E-state index is 13.8. The molecular weight excluding hydrogens is 586 g/mol. The SMILES string of the molecule is Nc1ccc(Cc2cccc3c2C(=O)c2cccc(S(=O)(=O)O)c2C3=O)c2c1C(=O)c1cccc(S(=O)(=O)O)c1C2=O. The number of anilines is 1. The van der Waals surface area contributed by atoms with E-state index in [2.05, 4.69) is 0 Å². The molecule has 210 valence electrons. The van der Waals surface area contributed by atoms with Gasteiger partial charge in [0.15, 0.2) is 23.1 Å². The Hall–Kier alpha value is -4.82. The lowest BCUT2D eigenvalue weighted by Crippen LogP contribution is -2.27. The van der Waals surface area contributed by atoms with Crippen molar-refractivity contribution >= 4 is 49.1 Å². The molecule has 0 saturated heterocycles. The van der Waals surface area contributed by atoms with Gasteiger partial charge in [0.2, 0.25) is 0 Å². The summed E-state index contributed by atoms with van der Waals surface area (Å²) in [6, 6.07) is 14.0. The third-order valence-electron chi connectivity index (χ3n) is 7.33. The van der Waals surface area contributed by atoms with Crippen molar-refractivity contribution in [3.63, 3.8) is 0 Å². The standard InChI is InChI=1S/C29H17NO10S2/c30-18-11-10-14(22-25(18)28(33)17-7-3-9-20(42(38,39)40)24(17)29(22)34)12-13-4-1-5-15-21(13)26(31)16-6-2-8-19(41(35,36)37)23(16)27(15)32/h1-11H,12,30H2,(H,35,36,37)(H,38,39,40). The molecule has 2 aliphatic carbocycles. The summed E-state index contributed by atoms with van der Waals surface area (Å²) >= 11 is 0. The van der Waals surface area contributed by atoms with E-state index in [9.17, 15) is 45.1 Å². The zero-order valence-corrected chi connectivity index (χ0v) is 22.7. The van der Waals surface area contributed by atoms with Crippen LogP contribution >= 0.6 is 0 Å². The number of nitrogen functional groups attached to an aromatic ring is 1. The zero-order valence-electron chi connectivity index (χ0n) is 21.1. The molecule has 42 heavy (non-hydrogen) atoms. The average Bonchev–Trinajstić information content (AvgIpc) is 2.93. The second-order valence-corrected chi connectivity index (χ2v) is 12.5. The highest BCUT2D eigenvalue weighted by molar-refractivity contribution is 7.86. The minimum Gasteiger partial charge on any atom is -0.398 e. The molecule has 0 unspecified atom stereocenters. The largest absolute Gasteiger partial charge is 0.398 e. The lowest BCUT2D eigenvalue weighted by molar-refractivity contribution is 0.0975. The Morgan fingerprint density at radius 2 is 0.929 bits per heavy atom. The van der Waals surface area contributed by atoms with Crippen molar-refractivity contribution in [3.8, 4) is 0 Å². The molecule has 4 aromatic rings. The van der Waals surface area contributed by atoms with Crippen LogP contribution in [0.1, 0.15) is 74.8 Å². The molecular formula is C29H17NO10S2. The highest BCUT2D eigenvalue weighted by Crippen LogP contribution is 2.38. The molecule has 4 aromatic carbocycles. The molecule has 0 heterocycles. The molecule has 0 atom stereocenters. The van der Waals surface area contributed by atoms with Gasteiger partial charge in [-0.15, -0.1) is 0 Å². The maximum absolute atomic E-state index is 13.8. The number of hydrogen-bond acceptors (Lipinski definition) is 9. The first-order valence-corrected chi connectivity index (χ1v) is 15.0. The number of hydrogen-bond donors (Lipinski definition) is 3. The number of carbonyl (C=O) groups is 4. The first-order valence-electron chi connectivity index (χ1n) is 12.1. The van der Waals surface area contributed by atoms with Gasteiger partial charge in [-0.25, -0.2) is 0 Å². The van der Waals surface area contributed by atoms with Crippen molar-refractivity contribution in [3.05, 3.63) is 122 Å². The molecule has 0 fully saturated rings. The number of carbonyl (C=O) groups excluding carboxylic acids is 4. The second-order valence-electron chi connectivity index (χ2n) is 9.70. The van der Waals surface area contributed by atoms with E-state index in [1.54, 1.807) is 0 Å². The lowest BCUT2D eigenvalue weighted by Gasteiger charge is -2.24. The van der Waals surface area contributed by atoms with Gasteiger partial charge in [0, 0.05) is 33.5 Å². The normalized spacial score (nSPS) is 14.2. The van der Waals surface area contributed by atoms with Crippen molar-refractivity contribution < 1.29 is 45.1 Å². The fourth-order valence-corrected chi connectivity index (χ4v) is 7.01. The van der Waals surface area contributed by atoms with Crippen LogP contribution in [0.2, 0.25) is 0 Å². The predicted molar refractivity (Wildman–Crippen MR) is 146 cm³/mol. The van der Waals surface area contributed by atoms with E-state index in [1.807, 2.05) is 0 Å². The molecule has 0 aliphatic heterocycles. The Kier molecular flexibility index (Phi) is 5.92. The lowest BCUT2D eigenvalue weighted by atomic mass is 9.77. The fourth-order valence-electron chi connectivity index (χ4n) is 5.59. The highest BCUT2D eigenvalue weighted by atomic mass is 32.2. The van der Waals surface area contributed by atoms with E-state index in [4.69, 9.17) is 5.73 Å². The van der Waals surface area contributed by atoms with Crippen LogP contribution in [0.15, 0.2) is 76.5 Å². The third-order valence-corrected chi connectivity index (χ3v) is 9.13. The highest BCUT2D eigenvalue weighted by Gasteiger charge is 2.39. The molecule has 0 radical (unpaired) electrons. The van der Waals surface area contributed by atoms with Crippen LogP contribution in [0, 0.1) is 0 Å². The van der Waals surface area contributed by atoms with E-state index in [-0.39, 0.29) is 56.6 Å². The summed E-state index contributed by atoms with van der Waals surface area (Å²) in [7, 11) is -9.74. The summed E-state index contributed by atoms with van der Waals surface area (Å²) in [6.07, 6.45) is -0.194. The summed E-state index contributed by atoms with van der Waals surface area (Å²) in [6.45, 7) is 0. The van der Waals surface area contributed by atoms with Crippen LogP contribution in [-0.4, -0.2) is 49.1 Å². The molecule has 0 saturated carbocycles. The van der Waals surface area contributed by atoms with Crippen LogP contribution in [0.25, 0.3) is 0 Å². The van der Waals surface area contributed by atoms with Crippen LogP contribution in [0.3, 0.4) is 0 Å². The summed E-state index contributed by atoms with van der Waals surface area (Å²) < 4.78 is 67.4. The van der Waals surface area contributed by atoms with Crippen molar-refractivity contribution in [1.82, 2.24) is 0 Å². The Morgan fingerprint density at radius 3 is 1.48 bits per heavy atom. The van der Waals surface area contributed by atoms with Crippen LogP contribution in [-0.2, 0) is 26.7 Å². The Labute approximate surface area is 238 Å². The number of benzene rings is 4. The summed E-state index contributed by atoms with van der Waals surface area (Å²) in [5, 5.41) is 0. The quantitative estimate of drug-likeness (QED) is 0.197. The molecule has 13 heteroatoms. The van der Waals surface area contributed by atoms with E-state index in [0.29, 0.717) is 0 Å². The van der Waals surface area contributed by atoms with Crippen molar-refractivity contribution in [1.29, 1.82) is 0 Å². The molecule has 0 amide bonds. The minimum absolute atomic E-state index is 0.0528. The molecule has 6 rings (SSSR count). The van der Waals surface area contributed by atoms with Gasteiger partial charge in [0.25, 0.3) is 20.2 Å². The zero-order chi connectivity index (χ0) is 30.3. The first-order chi connectivity index (χ1) is 19.7. The van der Waals surface area contributed by atoms with Crippen molar-refractivity contribution in [2.45, 2.75) is 16.2 Å². The van der Waals surface area contributed by atoms with Crippen LogP contribution in [0.4, 0.5) is 5.69 Å². The van der Waals surface area contributed by atoms with E-state index < -0.39 is 64.3 Å². The molecule has 0 bridgehead atoms. The minimum atomic E-state index is -4.90. The molecule has 0 spiro atoms. The van der Waals surface area contributed by atoms with Gasteiger partial charge >= 0.3 is 0 Å². The van der Waals surface area contributed by atoms with Gasteiger partial charge < -0.3 is 5.73 Å². The van der Waals surface area contributed by atoms with Gasteiger partial charge in [-0.3, -0.25) is 28.3 Å². The second kappa shape index (κ2) is 9.09. The topological polar surface area (TPSA) is 203 Å². The third kappa shape index (κ3) is 3.94. The van der Waals surface area contributed by atoms with Gasteiger partial charge in [0.05, 0.1) is 16.7 Å². The Balaban J connectivity index is 1.54. The van der Waals surface area contributed by atoms with Crippen LogP contribution in [0.5, 0.6) is 0 Å². The maximum Gasteiger partial charge on any atom is 0.295 e. The molecule has 2 aliphatic rings. The van der Waals surface area contributed by atoms with Gasteiger partial charge in [-0.05, 0) is 35.7 Å². The van der Waals surface area contributed by atoms with Gasteiger partial charge in [-0.2, -0.15) is 16.8 Å². The van der Waals surface area contributed by atoms with Gasteiger partial charge in [0.1, 0.15) is 9.79 Å². The number of nitrogens with two attached hydrogens (primary N) is 1. The number of rotatable bonds is 4. The van der Waals surface area contributed by atoms with Gasteiger partial charge in [-0.1, -0.05) is 48.5 Å². The molecule has 4 N–H and O–H groups in total. The molecule has 0 aromatic heterocycles. The predicted octanol–water partition coefficient (Wildman–Crippen LogP) is 2.90.